The monoisotopic (exact) mass is 424 g/mol. The van der Waals surface area contributed by atoms with Crippen molar-refractivity contribution < 1.29 is 13.2 Å². The third-order valence-electron chi connectivity index (χ3n) is 5.16. The quantitative estimate of drug-likeness (QED) is 0.486. The third-order valence-corrected chi connectivity index (χ3v) is 7.00. The lowest BCUT2D eigenvalue weighted by Gasteiger charge is -2.36. The average Bonchev–Trinajstić information content (AvgIpc) is 2.71. The van der Waals surface area contributed by atoms with Crippen LogP contribution in [-0.2, 0) is 14.8 Å². The Labute approximate surface area is 176 Å². The second-order valence-corrected chi connectivity index (χ2v) is 9.78. The molecule has 1 aliphatic heterocycles. The summed E-state index contributed by atoms with van der Waals surface area (Å²) < 4.78 is 31.9. The number of piperazine rings is 1. The first-order valence-corrected chi connectivity index (χ1v) is 12.0. The second-order valence-electron chi connectivity index (χ2n) is 7.70. The molecule has 1 atom stereocenters. The number of guanidine groups is 1. The smallest absolute Gasteiger partial charge is 0.216 e. The van der Waals surface area contributed by atoms with E-state index >= 15 is 0 Å². The standard InChI is InChI=1S/C21H36N4O3S/c1-18(2)28-16-17-29(26,27)25-14-12-24(13-15-25)21(22-4)23-11-10-19(3)20-8-6-5-7-9-20/h5-9,18-19H,10-17H2,1-4H3,(H,22,23). The van der Waals surface area contributed by atoms with Crippen molar-refractivity contribution in [2.45, 2.75) is 39.2 Å². The van der Waals surface area contributed by atoms with E-state index in [-0.39, 0.29) is 18.5 Å². The van der Waals surface area contributed by atoms with Gasteiger partial charge in [-0.1, -0.05) is 37.3 Å². The zero-order valence-electron chi connectivity index (χ0n) is 18.2. The molecular weight excluding hydrogens is 388 g/mol. The summed E-state index contributed by atoms with van der Waals surface area (Å²) in [5, 5.41) is 3.43. The highest BCUT2D eigenvalue weighted by molar-refractivity contribution is 7.89. The fourth-order valence-electron chi connectivity index (χ4n) is 3.38. The molecule has 1 heterocycles. The minimum absolute atomic E-state index is 0.0372. The number of nitrogens with zero attached hydrogens (tertiary/aromatic N) is 3. The summed E-state index contributed by atoms with van der Waals surface area (Å²) in [4.78, 5) is 6.51. The number of benzene rings is 1. The second kappa shape index (κ2) is 11.5. The van der Waals surface area contributed by atoms with Crippen LogP contribution in [0.15, 0.2) is 35.3 Å². The van der Waals surface area contributed by atoms with Crippen LogP contribution < -0.4 is 5.32 Å². The number of rotatable bonds is 9. The molecule has 1 aromatic carbocycles. The molecule has 0 aliphatic carbocycles. The molecule has 1 N–H and O–H groups in total. The zero-order valence-corrected chi connectivity index (χ0v) is 19.0. The van der Waals surface area contributed by atoms with Gasteiger partial charge in [0.2, 0.25) is 10.0 Å². The van der Waals surface area contributed by atoms with E-state index in [9.17, 15) is 8.42 Å². The summed E-state index contributed by atoms with van der Waals surface area (Å²) in [7, 11) is -1.50. The van der Waals surface area contributed by atoms with Gasteiger partial charge in [-0.2, -0.15) is 4.31 Å². The van der Waals surface area contributed by atoms with Gasteiger partial charge in [-0.05, 0) is 31.7 Å². The maximum atomic E-state index is 12.5. The van der Waals surface area contributed by atoms with E-state index in [0.717, 1.165) is 18.9 Å². The summed E-state index contributed by atoms with van der Waals surface area (Å²) in [6.07, 6.45) is 1.05. The van der Waals surface area contributed by atoms with E-state index in [1.54, 1.807) is 11.4 Å². The van der Waals surface area contributed by atoms with Gasteiger partial charge in [-0.3, -0.25) is 4.99 Å². The topological polar surface area (TPSA) is 74.2 Å². The lowest BCUT2D eigenvalue weighted by molar-refractivity contribution is 0.0904. The van der Waals surface area contributed by atoms with Crippen molar-refractivity contribution in [1.82, 2.24) is 14.5 Å². The fraction of sp³-hybridized carbons (Fsp3) is 0.667. The van der Waals surface area contributed by atoms with Crippen molar-refractivity contribution in [1.29, 1.82) is 0 Å². The highest BCUT2D eigenvalue weighted by atomic mass is 32.2. The fourth-order valence-corrected chi connectivity index (χ4v) is 4.66. The summed E-state index contributed by atoms with van der Waals surface area (Å²) in [5.74, 6) is 1.34. The van der Waals surface area contributed by atoms with E-state index in [1.165, 1.54) is 5.56 Å². The Hall–Kier alpha value is -1.64. The largest absolute Gasteiger partial charge is 0.378 e. The van der Waals surface area contributed by atoms with Crippen molar-refractivity contribution in [3.63, 3.8) is 0 Å². The molecule has 8 heteroatoms. The zero-order chi connectivity index (χ0) is 21.3. The molecule has 7 nitrogen and oxygen atoms in total. The van der Waals surface area contributed by atoms with Crippen molar-refractivity contribution >= 4 is 16.0 Å². The lowest BCUT2D eigenvalue weighted by atomic mass is 9.98. The van der Waals surface area contributed by atoms with E-state index in [0.29, 0.717) is 32.1 Å². The third kappa shape index (κ3) is 7.60. The molecule has 1 aliphatic rings. The van der Waals surface area contributed by atoms with Crippen LogP contribution in [0.25, 0.3) is 0 Å². The number of aliphatic imine (C=N–C) groups is 1. The SMILES string of the molecule is CN=C(NCCC(C)c1ccccc1)N1CCN(S(=O)(=O)CCOC(C)C)CC1. The molecule has 1 aromatic rings. The van der Waals surface area contributed by atoms with Crippen molar-refractivity contribution in [2.75, 3.05) is 52.1 Å². The summed E-state index contributed by atoms with van der Waals surface area (Å²) in [6.45, 7) is 9.34. The molecule has 1 fully saturated rings. The van der Waals surface area contributed by atoms with Gasteiger partial charge in [-0.25, -0.2) is 8.42 Å². The lowest BCUT2D eigenvalue weighted by Crippen LogP contribution is -2.54. The molecule has 0 saturated carbocycles. The van der Waals surface area contributed by atoms with Crippen LogP contribution in [0, 0.1) is 0 Å². The molecule has 0 aromatic heterocycles. The minimum atomic E-state index is -3.27. The summed E-state index contributed by atoms with van der Waals surface area (Å²) in [5.41, 5.74) is 1.34. The molecule has 2 rings (SSSR count). The predicted molar refractivity (Wildman–Crippen MR) is 119 cm³/mol. The molecule has 1 unspecified atom stereocenters. The van der Waals surface area contributed by atoms with E-state index in [2.05, 4.69) is 46.4 Å². The van der Waals surface area contributed by atoms with Crippen LogP contribution in [0.1, 0.15) is 38.7 Å². The van der Waals surface area contributed by atoms with Crippen LogP contribution in [0.3, 0.4) is 0 Å². The van der Waals surface area contributed by atoms with Gasteiger partial charge in [0.1, 0.15) is 0 Å². The van der Waals surface area contributed by atoms with Gasteiger partial charge >= 0.3 is 0 Å². The maximum Gasteiger partial charge on any atom is 0.216 e. The first kappa shape index (κ1) is 23.6. The molecule has 164 valence electrons. The maximum absolute atomic E-state index is 12.5. The first-order valence-electron chi connectivity index (χ1n) is 10.4. The van der Waals surface area contributed by atoms with Gasteiger partial charge in [0.05, 0.1) is 18.5 Å². The Balaban J connectivity index is 1.76. The normalized spacial score (nSPS) is 17.6. The minimum Gasteiger partial charge on any atom is -0.378 e. The molecule has 0 amide bonds. The van der Waals surface area contributed by atoms with Gasteiger partial charge < -0.3 is 15.0 Å². The predicted octanol–water partition coefficient (Wildman–Crippen LogP) is 2.13. The molecule has 0 spiro atoms. The molecule has 0 radical (unpaired) electrons. The Morgan fingerprint density at radius 3 is 2.38 bits per heavy atom. The number of nitrogens with one attached hydrogen (secondary N) is 1. The number of hydrogen-bond donors (Lipinski definition) is 1. The Bertz CT molecular complexity index is 730. The molecule has 1 saturated heterocycles. The van der Waals surface area contributed by atoms with Crippen LogP contribution in [0.5, 0.6) is 0 Å². The van der Waals surface area contributed by atoms with E-state index in [4.69, 9.17) is 4.74 Å². The molecule has 29 heavy (non-hydrogen) atoms. The van der Waals surface area contributed by atoms with Crippen molar-refractivity contribution in [2.24, 2.45) is 4.99 Å². The number of hydrogen-bond acceptors (Lipinski definition) is 4. The van der Waals surface area contributed by atoms with Gasteiger partial charge in [0, 0.05) is 39.8 Å². The Morgan fingerprint density at radius 2 is 1.79 bits per heavy atom. The van der Waals surface area contributed by atoms with Crippen LogP contribution in [0.2, 0.25) is 0 Å². The summed E-state index contributed by atoms with van der Waals surface area (Å²) in [6, 6.07) is 10.5. The first-order chi connectivity index (χ1) is 13.8. The van der Waals surface area contributed by atoms with E-state index in [1.807, 2.05) is 19.9 Å². The molecule has 0 bridgehead atoms. The Morgan fingerprint density at radius 1 is 1.14 bits per heavy atom. The van der Waals surface area contributed by atoms with Crippen molar-refractivity contribution in [3.05, 3.63) is 35.9 Å². The van der Waals surface area contributed by atoms with Gasteiger partial charge in [-0.15, -0.1) is 0 Å². The van der Waals surface area contributed by atoms with Gasteiger partial charge in [0.15, 0.2) is 5.96 Å². The highest BCUT2D eigenvalue weighted by Crippen LogP contribution is 2.17. The number of ether oxygens (including phenoxy) is 1. The highest BCUT2D eigenvalue weighted by Gasteiger charge is 2.28. The average molecular weight is 425 g/mol. The van der Waals surface area contributed by atoms with E-state index < -0.39 is 10.0 Å². The number of sulfonamides is 1. The van der Waals surface area contributed by atoms with Crippen LogP contribution >= 0.6 is 0 Å². The summed E-state index contributed by atoms with van der Waals surface area (Å²) >= 11 is 0. The van der Waals surface area contributed by atoms with Gasteiger partial charge in [0.25, 0.3) is 0 Å². The van der Waals surface area contributed by atoms with Crippen LogP contribution in [0.4, 0.5) is 0 Å². The Kier molecular flexibility index (Phi) is 9.39. The van der Waals surface area contributed by atoms with Crippen molar-refractivity contribution in [3.8, 4) is 0 Å². The van der Waals surface area contributed by atoms with Crippen LogP contribution in [-0.4, -0.2) is 81.8 Å². The molecular formula is C21H36N4O3S.